The molecule has 2 N–H and O–H groups in total. The van der Waals surface area contributed by atoms with Gasteiger partial charge in [-0.05, 0) is 31.5 Å². The molecule has 0 aromatic heterocycles. The van der Waals surface area contributed by atoms with Gasteiger partial charge >= 0.3 is 0 Å². The molecule has 2 heterocycles. The monoisotopic (exact) mass is 339 g/mol. The van der Waals surface area contributed by atoms with Crippen LogP contribution < -0.4 is 10.6 Å². The third kappa shape index (κ3) is 4.28. The first-order valence-corrected chi connectivity index (χ1v) is 8.40. The van der Waals surface area contributed by atoms with E-state index >= 15 is 0 Å². The molecule has 0 radical (unpaired) electrons. The molecule has 0 unspecified atom stereocenters. The second kappa shape index (κ2) is 8.00. The summed E-state index contributed by atoms with van der Waals surface area (Å²) in [6, 6.07) is 3.59. The van der Waals surface area contributed by atoms with E-state index in [2.05, 4.69) is 10.6 Å². The number of halogens is 2. The van der Waals surface area contributed by atoms with Crippen molar-refractivity contribution < 1.29 is 18.3 Å². The lowest BCUT2D eigenvalue weighted by Crippen LogP contribution is -2.56. The molecule has 0 saturated carbocycles. The molecule has 0 spiro atoms. The molecule has 1 aromatic carbocycles. The Morgan fingerprint density at radius 1 is 1.38 bits per heavy atom. The van der Waals surface area contributed by atoms with Gasteiger partial charge in [0.05, 0.1) is 13.2 Å². The fraction of sp³-hybridized carbons (Fsp3) is 0.588. The molecule has 1 amide bonds. The summed E-state index contributed by atoms with van der Waals surface area (Å²) in [4.78, 5) is 14.2. The Hall–Kier alpha value is -1.57. The van der Waals surface area contributed by atoms with E-state index in [0.29, 0.717) is 26.3 Å². The Kier molecular flexibility index (Phi) is 5.76. The summed E-state index contributed by atoms with van der Waals surface area (Å²) in [5.41, 5.74) is 0.0897. The summed E-state index contributed by atoms with van der Waals surface area (Å²) in [6.07, 6.45) is 1.76. The van der Waals surface area contributed by atoms with Gasteiger partial charge in [0.1, 0.15) is 17.7 Å². The van der Waals surface area contributed by atoms with Crippen molar-refractivity contribution in [3.8, 4) is 0 Å². The maximum atomic E-state index is 13.8. The number of ether oxygens (including phenoxy) is 1. The van der Waals surface area contributed by atoms with Crippen LogP contribution in [0.15, 0.2) is 18.2 Å². The van der Waals surface area contributed by atoms with Crippen LogP contribution in [-0.4, -0.2) is 55.7 Å². The first-order valence-electron chi connectivity index (χ1n) is 8.40. The summed E-state index contributed by atoms with van der Waals surface area (Å²) in [7, 11) is 0. The number of likely N-dealkylation sites (tertiary alicyclic amines) is 1. The van der Waals surface area contributed by atoms with Crippen LogP contribution in [0, 0.1) is 11.6 Å². The molecule has 2 atom stereocenters. The van der Waals surface area contributed by atoms with Crippen molar-refractivity contribution in [2.24, 2.45) is 0 Å². The zero-order chi connectivity index (χ0) is 16.9. The molecule has 7 heteroatoms. The minimum Gasteiger partial charge on any atom is -0.378 e. The molecule has 0 aliphatic carbocycles. The predicted molar refractivity (Wildman–Crippen MR) is 85.4 cm³/mol. The van der Waals surface area contributed by atoms with Crippen LogP contribution in [0.3, 0.4) is 0 Å². The average molecular weight is 339 g/mol. The number of morpholine rings is 1. The number of benzene rings is 1. The predicted octanol–water partition coefficient (Wildman–Crippen LogP) is 1.03. The lowest BCUT2D eigenvalue weighted by molar-refractivity contribution is -0.127. The van der Waals surface area contributed by atoms with Crippen LogP contribution in [0.5, 0.6) is 0 Å². The van der Waals surface area contributed by atoms with Crippen molar-refractivity contribution in [1.29, 1.82) is 0 Å². The minimum atomic E-state index is -0.523. The highest BCUT2D eigenvalue weighted by atomic mass is 19.1. The van der Waals surface area contributed by atoms with Gasteiger partial charge in [-0.1, -0.05) is 6.07 Å². The van der Waals surface area contributed by atoms with Crippen LogP contribution in [-0.2, 0) is 16.1 Å². The van der Waals surface area contributed by atoms with Crippen molar-refractivity contribution >= 4 is 5.91 Å². The van der Waals surface area contributed by atoms with E-state index in [-0.39, 0.29) is 30.1 Å². The summed E-state index contributed by atoms with van der Waals surface area (Å²) >= 11 is 0. The molecule has 132 valence electrons. The number of carbonyl (C=O) groups is 1. The van der Waals surface area contributed by atoms with Gasteiger partial charge in [-0.15, -0.1) is 0 Å². The quantitative estimate of drug-likeness (QED) is 0.861. The summed E-state index contributed by atoms with van der Waals surface area (Å²) in [5.74, 6) is -1.12. The van der Waals surface area contributed by atoms with E-state index in [0.717, 1.165) is 19.4 Å². The van der Waals surface area contributed by atoms with Gasteiger partial charge in [0.2, 0.25) is 5.91 Å². The van der Waals surface area contributed by atoms with E-state index in [9.17, 15) is 13.6 Å². The molecular formula is C17H23F2N3O2. The normalized spacial score (nSPS) is 25.4. The van der Waals surface area contributed by atoms with Crippen molar-refractivity contribution in [2.75, 3.05) is 32.8 Å². The Morgan fingerprint density at radius 3 is 2.88 bits per heavy atom. The van der Waals surface area contributed by atoms with Crippen molar-refractivity contribution in [3.63, 3.8) is 0 Å². The fourth-order valence-corrected chi connectivity index (χ4v) is 3.26. The van der Waals surface area contributed by atoms with Gasteiger partial charge < -0.3 is 15.4 Å². The van der Waals surface area contributed by atoms with Gasteiger partial charge in [0.25, 0.3) is 0 Å². The Morgan fingerprint density at radius 2 is 2.17 bits per heavy atom. The standard InChI is InChI=1S/C17H23F2N3O2/c18-14-4-1-5-15(19)13(14)10-22-7-2-3-12(9-22)21-17(23)16-11-24-8-6-20-16/h1,4-5,12,16,20H,2-3,6-11H2,(H,21,23)/t12-,16+/m1/s1. The molecule has 1 aromatic rings. The molecule has 2 fully saturated rings. The average Bonchev–Trinajstić information content (AvgIpc) is 2.59. The van der Waals surface area contributed by atoms with E-state index in [1.165, 1.54) is 18.2 Å². The van der Waals surface area contributed by atoms with E-state index in [4.69, 9.17) is 4.74 Å². The third-order valence-electron chi connectivity index (χ3n) is 4.53. The molecule has 2 aliphatic rings. The molecule has 3 rings (SSSR count). The Bertz CT molecular complexity index is 559. The molecule has 24 heavy (non-hydrogen) atoms. The first-order chi connectivity index (χ1) is 11.6. The highest BCUT2D eigenvalue weighted by molar-refractivity contribution is 5.82. The van der Waals surface area contributed by atoms with Crippen molar-refractivity contribution in [3.05, 3.63) is 35.4 Å². The summed E-state index contributed by atoms with van der Waals surface area (Å²) in [6.45, 7) is 3.24. The number of carbonyl (C=O) groups excluding carboxylic acids is 1. The maximum Gasteiger partial charge on any atom is 0.239 e. The molecular weight excluding hydrogens is 316 g/mol. The van der Waals surface area contributed by atoms with E-state index in [1.807, 2.05) is 4.90 Å². The molecule has 5 nitrogen and oxygen atoms in total. The second-order valence-corrected chi connectivity index (χ2v) is 6.36. The highest BCUT2D eigenvalue weighted by Crippen LogP contribution is 2.18. The molecule has 0 bridgehead atoms. The minimum absolute atomic E-state index is 0.00943. The van der Waals surface area contributed by atoms with Gasteiger partial charge in [-0.2, -0.15) is 0 Å². The van der Waals surface area contributed by atoms with Crippen LogP contribution in [0.25, 0.3) is 0 Å². The van der Waals surface area contributed by atoms with E-state index in [1.54, 1.807) is 0 Å². The second-order valence-electron chi connectivity index (χ2n) is 6.36. The lowest BCUT2D eigenvalue weighted by atomic mass is 10.0. The lowest BCUT2D eigenvalue weighted by Gasteiger charge is -2.34. The van der Waals surface area contributed by atoms with Gasteiger partial charge in [-0.25, -0.2) is 8.78 Å². The smallest absolute Gasteiger partial charge is 0.239 e. The number of hydrogen-bond acceptors (Lipinski definition) is 4. The molecule has 2 aliphatic heterocycles. The zero-order valence-corrected chi connectivity index (χ0v) is 13.6. The van der Waals surface area contributed by atoms with Crippen LogP contribution in [0.1, 0.15) is 18.4 Å². The van der Waals surface area contributed by atoms with Crippen molar-refractivity contribution in [1.82, 2.24) is 15.5 Å². The topological polar surface area (TPSA) is 53.6 Å². The number of hydrogen-bond donors (Lipinski definition) is 2. The van der Waals surface area contributed by atoms with Crippen molar-refractivity contribution in [2.45, 2.75) is 31.5 Å². The van der Waals surface area contributed by atoms with Crippen LogP contribution >= 0.6 is 0 Å². The van der Waals surface area contributed by atoms with Gasteiger partial charge in [-0.3, -0.25) is 9.69 Å². The maximum absolute atomic E-state index is 13.8. The number of piperidine rings is 1. The highest BCUT2D eigenvalue weighted by Gasteiger charge is 2.27. The van der Waals surface area contributed by atoms with E-state index < -0.39 is 11.6 Å². The number of amides is 1. The SMILES string of the molecule is O=C(N[C@@H]1CCCN(Cc2c(F)cccc2F)C1)[C@@H]1COCCN1. The number of rotatable bonds is 4. The Balaban J connectivity index is 1.55. The molecule has 2 saturated heterocycles. The van der Waals surface area contributed by atoms with Gasteiger partial charge in [0, 0.05) is 31.2 Å². The first kappa shape index (κ1) is 17.3. The largest absolute Gasteiger partial charge is 0.378 e. The van der Waals surface area contributed by atoms with Crippen LogP contribution in [0.2, 0.25) is 0 Å². The fourth-order valence-electron chi connectivity index (χ4n) is 3.26. The zero-order valence-electron chi connectivity index (χ0n) is 13.6. The van der Waals surface area contributed by atoms with Crippen LogP contribution in [0.4, 0.5) is 8.78 Å². The third-order valence-corrected chi connectivity index (χ3v) is 4.53. The Labute approximate surface area is 140 Å². The number of nitrogens with zero attached hydrogens (tertiary/aromatic N) is 1. The number of nitrogens with one attached hydrogen (secondary N) is 2. The van der Waals surface area contributed by atoms with Gasteiger partial charge in [0.15, 0.2) is 0 Å². The summed E-state index contributed by atoms with van der Waals surface area (Å²) < 4.78 is 32.9. The summed E-state index contributed by atoms with van der Waals surface area (Å²) in [5, 5.41) is 6.15.